The van der Waals surface area contributed by atoms with Crippen LogP contribution in [0.1, 0.15) is 9.88 Å². The van der Waals surface area contributed by atoms with Crippen molar-refractivity contribution < 1.29 is 8.42 Å². The van der Waals surface area contributed by atoms with E-state index >= 15 is 0 Å². The van der Waals surface area contributed by atoms with Crippen LogP contribution in [0.4, 0.5) is 5.13 Å². The molecule has 0 saturated carbocycles. The third kappa shape index (κ3) is 2.86. The Balaban J connectivity index is 2.27. The second-order valence-electron chi connectivity index (χ2n) is 3.47. The van der Waals surface area contributed by atoms with E-state index in [1.165, 1.54) is 22.7 Å². The van der Waals surface area contributed by atoms with Gasteiger partial charge in [0.05, 0.1) is 0 Å². The van der Waals surface area contributed by atoms with Crippen molar-refractivity contribution in [2.24, 2.45) is 0 Å². The molecule has 2 heterocycles. The predicted molar refractivity (Wildman–Crippen MR) is 72.5 cm³/mol. The first-order valence-corrected chi connectivity index (χ1v) is 8.25. The molecule has 2 aromatic heterocycles. The fraction of sp³-hybridized carbons (Fsp3) is 0.333. The smallest absolute Gasteiger partial charge is 0.264 e. The molecule has 0 aliphatic carbocycles. The highest BCUT2D eigenvalue weighted by atomic mass is 32.2. The largest absolute Gasteiger partial charge is 0.315 e. The lowest BCUT2D eigenvalue weighted by Gasteiger charge is -2.05. The van der Waals surface area contributed by atoms with Gasteiger partial charge in [0.2, 0.25) is 5.13 Å². The molecule has 0 aliphatic heterocycles. The van der Waals surface area contributed by atoms with Crippen molar-refractivity contribution >= 4 is 37.8 Å². The number of nitrogens with zero attached hydrogens (tertiary/aromatic N) is 2. The molecule has 2 N–H and O–H groups in total. The molecule has 0 aromatic carbocycles. The van der Waals surface area contributed by atoms with Crippen molar-refractivity contribution in [3.05, 3.63) is 21.3 Å². The van der Waals surface area contributed by atoms with E-state index < -0.39 is 10.0 Å². The van der Waals surface area contributed by atoms with Crippen molar-refractivity contribution in [3.63, 3.8) is 0 Å². The number of aryl methyl sites for hydroxylation is 1. The number of hydrogen-bond acceptors (Lipinski definition) is 7. The predicted octanol–water partition coefficient (Wildman–Crippen LogP) is 1.43. The van der Waals surface area contributed by atoms with Gasteiger partial charge in [0, 0.05) is 11.4 Å². The summed E-state index contributed by atoms with van der Waals surface area (Å²) >= 11 is 2.61. The summed E-state index contributed by atoms with van der Waals surface area (Å²) in [4.78, 5) is 1.06. The van der Waals surface area contributed by atoms with Gasteiger partial charge in [0.25, 0.3) is 10.0 Å². The van der Waals surface area contributed by atoms with Crippen LogP contribution in [0.15, 0.2) is 16.3 Å². The molecule has 0 fully saturated rings. The fourth-order valence-corrected chi connectivity index (χ4v) is 4.64. The van der Waals surface area contributed by atoms with Gasteiger partial charge in [0.15, 0.2) is 0 Å². The molecule has 0 atom stereocenters. The van der Waals surface area contributed by atoms with E-state index in [2.05, 4.69) is 20.2 Å². The molecule has 0 saturated heterocycles. The summed E-state index contributed by atoms with van der Waals surface area (Å²) < 4.78 is 26.8. The molecule has 18 heavy (non-hydrogen) atoms. The molecule has 2 rings (SSSR count). The van der Waals surface area contributed by atoms with Gasteiger partial charge in [0.1, 0.15) is 9.90 Å². The Labute approximate surface area is 113 Å². The zero-order valence-corrected chi connectivity index (χ0v) is 12.2. The average Bonchev–Trinajstić information content (AvgIpc) is 2.88. The van der Waals surface area contributed by atoms with E-state index in [1.54, 1.807) is 25.4 Å². The molecular formula is C9H12N4O2S3. The van der Waals surface area contributed by atoms with Crippen LogP contribution in [0.2, 0.25) is 0 Å². The van der Waals surface area contributed by atoms with Crippen LogP contribution in [-0.4, -0.2) is 25.7 Å². The Hall–Kier alpha value is -1.03. The first-order chi connectivity index (χ1) is 8.53. The van der Waals surface area contributed by atoms with Gasteiger partial charge in [-0.2, -0.15) is 0 Å². The fourth-order valence-electron chi connectivity index (χ4n) is 1.37. The summed E-state index contributed by atoms with van der Waals surface area (Å²) in [5.74, 6) is 0. The molecule has 0 aliphatic rings. The van der Waals surface area contributed by atoms with Gasteiger partial charge in [-0.05, 0) is 25.4 Å². The minimum Gasteiger partial charge on any atom is -0.315 e. The normalized spacial score (nSPS) is 11.7. The van der Waals surface area contributed by atoms with Gasteiger partial charge in [-0.25, -0.2) is 8.42 Å². The number of anilines is 1. The van der Waals surface area contributed by atoms with Crippen molar-refractivity contribution in [1.82, 2.24) is 15.5 Å². The summed E-state index contributed by atoms with van der Waals surface area (Å²) in [6.07, 6.45) is 0. The Kier molecular flexibility index (Phi) is 3.95. The van der Waals surface area contributed by atoms with Gasteiger partial charge < -0.3 is 5.32 Å². The molecule has 0 amide bonds. The summed E-state index contributed by atoms with van der Waals surface area (Å²) in [6, 6.07) is 1.59. The van der Waals surface area contributed by atoms with Crippen molar-refractivity contribution in [2.45, 2.75) is 18.4 Å². The molecule has 98 valence electrons. The van der Waals surface area contributed by atoms with Crippen LogP contribution in [0.5, 0.6) is 0 Å². The summed E-state index contributed by atoms with van der Waals surface area (Å²) in [7, 11) is -1.81. The first kappa shape index (κ1) is 13.4. The van der Waals surface area contributed by atoms with Gasteiger partial charge in [-0.1, -0.05) is 11.3 Å². The monoisotopic (exact) mass is 304 g/mol. The van der Waals surface area contributed by atoms with Crippen molar-refractivity contribution in [1.29, 1.82) is 0 Å². The number of thiophene rings is 1. The minimum absolute atomic E-state index is 0.286. The zero-order valence-electron chi connectivity index (χ0n) is 9.80. The molecular weight excluding hydrogens is 292 g/mol. The van der Waals surface area contributed by atoms with Gasteiger partial charge >= 0.3 is 0 Å². The number of nitrogens with one attached hydrogen (secondary N) is 2. The third-order valence-corrected chi connectivity index (χ3v) is 5.44. The SMILES string of the molecule is CNCc1sccc1S(=O)(=O)Nc1nnc(C)s1. The van der Waals surface area contributed by atoms with E-state index in [0.717, 1.165) is 4.88 Å². The van der Waals surface area contributed by atoms with Gasteiger partial charge in [-0.15, -0.1) is 21.5 Å². The highest BCUT2D eigenvalue weighted by molar-refractivity contribution is 7.93. The average molecular weight is 304 g/mol. The number of aromatic nitrogens is 2. The maximum atomic E-state index is 12.2. The lowest BCUT2D eigenvalue weighted by molar-refractivity contribution is 0.600. The standard InChI is InChI=1S/C9H12N4O2S3/c1-6-11-12-9(17-6)13-18(14,15)8-3-4-16-7(8)5-10-2/h3-4,10H,5H2,1-2H3,(H,12,13). The lowest BCUT2D eigenvalue weighted by Crippen LogP contribution is -2.15. The maximum Gasteiger partial charge on any atom is 0.264 e. The van der Waals surface area contributed by atoms with Gasteiger partial charge in [-0.3, -0.25) is 4.72 Å². The zero-order chi connectivity index (χ0) is 13.2. The van der Waals surface area contributed by atoms with Crippen LogP contribution in [0.3, 0.4) is 0 Å². The van der Waals surface area contributed by atoms with E-state index in [4.69, 9.17) is 0 Å². The molecule has 0 bridgehead atoms. The highest BCUT2D eigenvalue weighted by Gasteiger charge is 2.20. The van der Waals surface area contributed by atoms with Crippen LogP contribution in [0, 0.1) is 6.92 Å². The number of hydrogen-bond donors (Lipinski definition) is 2. The van der Waals surface area contributed by atoms with Crippen LogP contribution < -0.4 is 10.0 Å². The van der Waals surface area contributed by atoms with Crippen LogP contribution >= 0.6 is 22.7 Å². The first-order valence-electron chi connectivity index (χ1n) is 5.07. The summed E-state index contributed by atoms with van der Waals surface area (Å²) in [6.45, 7) is 2.29. The summed E-state index contributed by atoms with van der Waals surface area (Å²) in [5, 5.41) is 13.2. The molecule has 9 heteroatoms. The molecule has 2 aromatic rings. The van der Waals surface area contributed by atoms with Crippen LogP contribution in [0.25, 0.3) is 0 Å². The second kappa shape index (κ2) is 5.31. The minimum atomic E-state index is -3.58. The molecule has 0 spiro atoms. The highest BCUT2D eigenvalue weighted by Crippen LogP contribution is 2.25. The second-order valence-corrected chi connectivity index (χ2v) is 7.30. The lowest BCUT2D eigenvalue weighted by atomic mass is 10.5. The van der Waals surface area contributed by atoms with E-state index in [1.807, 2.05) is 0 Å². The van der Waals surface area contributed by atoms with Crippen molar-refractivity contribution in [3.8, 4) is 0 Å². The third-order valence-electron chi connectivity index (χ3n) is 2.08. The molecule has 0 radical (unpaired) electrons. The Morgan fingerprint density at radius 2 is 2.17 bits per heavy atom. The Morgan fingerprint density at radius 1 is 1.39 bits per heavy atom. The van der Waals surface area contributed by atoms with E-state index in [0.29, 0.717) is 11.6 Å². The Bertz CT molecular complexity index is 632. The Morgan fingerprint density at radius 3 is 2.78 bits per heavy atom. The van der Waals surface area contributed by atoms with E-state index in [-0.39, 0.29) is 10.0 Å². The van der Waals surface area contributed by atoms with Crippen molar-refractivity contribution in [2.75, 3.05) is 11.8 Å². The maximum absolute atomic E-state index is 12.2. The summed E-state index contributed by atoms with van der Waals surface area (Å²) in [5.41, 5.74) is 0. The number of sulfonamides is 1. The van der Waals surface area contributed by atoms with E-state index in [9.17, 15) is 8.42 Å². The van der Waals surface area contributed by atoms with Crippen LogP contribution in [-0.2, 0) is 16.6 Å². The molecule has 0 unspecified atom stereocenters. The molecule has 6 nitrogen and oxygen atoms in total. The number of rotatable bonds is 5. The topological polar surface area (TPSA) is 84.0 Å². The quantitative estimate of drug-likeness (QED) is 0.873.